The van der Waals surface area contributed by atoms with Crippen molar-refractivity contribution in [3.05, 3.63) is 36.2 Å². The van der Waals surface area contributed by atoms with Gasteiger partial charge in [0.05, 0.1) is 12.6 Å². The lowest BCUT2D eigenvalue weighted by molar-refractivity contribution is 0.237. The third-order valence-corrected chi connectivity index (χ3v) is 3.91. The molecule has 0 spiro atoms. The maximum atomic E-state index is 4.16. The van der Waals surface area contributed by atoms with Crippen LogP contribution in [0.4, 0.5) is 5.69 Å². The molecular weight excluding hydrogens is 264 g/mol. The molecule has 112 valence electrons. The van der Waals surface area contributed by atoms with Gasteiger partial charge in [0.15, 0.2) is 5.82 Å². The highest BCUT2D eigenvalue weighted by Crippen LogP contribution is 2.16. The monoisotopic (exact) mass is 286 g/mol. The highest BCUT2D eigenvalue weighted by Gasteiger charge is 2.19. The fourth-order valence-electron chi connectivity index (χ4n) is 2.72. The van der Waals surface area contributed by atoms with Crippen LogP contribution in [-0.2, 0) is 6.54 Å². The Labute approximate surface area is 125 Å². The van der Waals surface area contributed by atoms with Crippen molar-refractivity contribution in [2.24, 2.45) is 0 Å². The average Bonchev–Trinajstić information content (AvgIpc) is 2.97. The lowest BCUT2D eigenvalue weighted by Crippen LogP contribution is -2.46. The molecule has 1 aliphatic rings. The lowest BCUT2D eigenvalue weighted by atomic mass is 10.2. The summed E-state index contributed by atoms with van der Waals surface area (Å²) >= 11 is 0. The van der Waals surface area contributed by atoms with E-state index in [0.29, 0.717) is 6.04 Å². The second-order valence-electron chi connectivity index (χ2n) is 5.73. The number of nitrogens with zero attached hydrogens (tertiary/aromatic N) is 6. The molecule has 2 aromatic rings. The summed E-state index contributed by atoms with van der Waals surface area (Å²) in [5.74, 6) is 0.957. The highest BCUT2D eigenvalue weighted by atomic mass is 15.6. The summed E-state index contributed by atoms with van der Waals surface area (Å²) in [5, 5.41) is 12.0. The van der Waals surface area contributed by atoms with Crippen LogP contribution in [0.3, 0.4) is 0 Å². The minimum Gasteiger partial charge on any atom is -0.369 e. The molecule has 0 unspecified atom stereocenters. The van der Waals surface area contributed by atoms with E-state index in [-0.39, 0.29) is 0 Å². The molecule has 2 heterocycles. The third-order valence-electron chi connectivity index (χ3n) is 3.91. The van der Waals surface area contributed by atoms with Crippen molar-refractivity contribution in [1.29, 1.82) is 0 Å². The van der Waals surface area contributed by atoms with E-state index in [1.807, 2.05) is 4.68 Å². The Bertz CT molecular complexity index is 557. The molecule has 21 heavy (non-hydrogen) atoms. The maximum absolute atomic E-state index is 4.16. The Morgan fingerprint density at radius 3 is 2.43 bits per heavy atom. The number of para-hydroxylation sites is 1. The van der Waals surface area contributed by atoms with Crippen molar-refractivity contribution in [1.82, 2.24) is 25.1 Å². The minimum absolute atomic E-state index is 0.306. The number of anilines is 1. The van der Waals surface area contributed by atoms with Crippen molar-refractivity contribution in [3.63, 3.8) is 0 Å². The van der Waals surface area contributed by atoms with Gasteiger partial charge in [0.25, 0.3) is 0 Å². The first-order valence-electron chi connectivity index (χ1n) is 7.53. The van der Waals surface area contributed by atoms with E-state index >= 15 is 0 Å². The highest BCUT2D eigenvalue weighted by molar-refractivity contribution is 5.46. The molecule has 1 saturated heterocycles. The van der Waals surface area contributed by atoms with Gasteiger partial charge in [-0.3, -0.25) is 4.90 Å². The number of tetrazole rings is 1. The van der Waals surface area contributed by atoms with E-state index in [0.717, 1.165) is 38.5 Å². The van der Waals surface area contributed by atoms with E-state index < -0.39 is 0 Å². The molecule has 0 radical (unpaired) electrons. The Morgan fingerprint density at radius 1 is 1.05 bits per heavy atom. The molecule has 1 aromatic heterocycles. The van der Waals surface area contributed by atoms with Gasteiger partial charge in [0.2, 0.25) is 0 Å². The van der Waals surface area contributed by atoms with Crippen molar-refractivity contribution in [2.45, 2.75) is 26.4 Å². The van der Waals surface area contributed by atoms with Gasteiger partial charge in [0, 0.05) is 31.9 Å². The molecule has 0 amide bonds. The molecular formula is C15H22N6. The number of benzene rings is 1. The van der Waals surface area contributed by atoms with Crippen LogP contribution < -0.4 is 4.90 Å². The topological polar surface area (TPSA) is 50.1 Å². The fourth-order valence-corrected chi connectivity index (χ4v) is 2.72. The van der Waals surface area contributed by atoms with E-state index in [1.165, 1.54) is 5.69 Å². The summed E-state index contributed by atoms with van der Waals surface area (Å²) in [4.78, 5) is 4.85. The van der Waals surface area contributed by atoms with Crippen LogP contribution in [0.5, 0.6) is 0 Å². The van der Waals surface area contributed by atoms with Crippen LogP contribution in [0, 0.1) is 0 Å². The zero-order chi connectivity index (χ0) is 14.7. The van der Waals surface area contributed by atoms with Crippen molar-refractivity contribution in [3.8, 4) is 0 Å². The summed E-state index contributed by atoms with van der Waals surface area (Å²) < 4.78 is 1.91. The second kappa shape index (κ2) is 6.22. The zero-order valence-electron chi connectivity index (χ0n) is 12.7. The second-order valence-corrected chi connectivity index (χ2v) is 5.73. The summed E-state index contributed by atoms with van der Waals surface area (Å²) in [5.41, 5.74) is 1.31. The number of rotatable bonds is 4. The number of piperazine rings is 1. The smallest absolute Gasteiger partial charge is 0.165 e. The Hall–Kier alpha value is -1.95. The molecule has 1 aliphatic heterocycles. The summed E-state index contributed by atoms with van der Waals surface area (Å²) in [6.07, 6.45) is 0. The van der Waals surface area contributed by atoms with Gasteiger partial charge < -0.3 is 4.90 Å². The lowest BCUT2D eigenvalue weighted by Gasteiger charge is -2.35. The summed E-state index contributed by atoms with van der Waals surface area (Å²) in [6, 6.07) is 10.9. The molecule has 6 nitrogen and oxygen atoms in total. The molecule has 0 aliphatic carbocycles. The van der Waals surface area contributed by atoms with Crippen molar-refractivity contribution >= 4 is 5.69 Å². The Morgan fingerprint density at radius 2 is 1.76 bits per heavy atom. The van der Waals surface area contributed by atoms with Crippen LogP contribution in [0.1, 0.15) is 25.7 Å². The first-order chi connectivity index (χ1) is 10.2. The minimum atomic E-state index is 0.306. The molecule has 3 rings (SSSR count). The molecule has 6 heteroatoms. The van der Waals surface area contributed by atoms with E-state index in [4.69, 9.17) is 0 Å². The molecule has 0 N–H and O–H groups in total. The van der Waals surface area contributed by atoms with Gasteiger partial charge in [-0.1, -0.05) is 18.2 Å². The quantitative estimate of drug-likeness (QED) is 0.854. The van der Waals surface area contributed by atoms with Gasteiger partial charge in [-0.25, -0.2) is 4.68 Å². The first-order valence-corrected chi connectivity index (χ1v) is 7.53. The number of aromatic nitrogens is 4. The predicted molar refractivity (Wildman–Crippen MR) is 82.1 cm³/mol. The SMILES string of the molecule is CC(C)n1nnnc1CN1CCN(c2ccccc2)CC1. The third kappa shape index (κ3) is 3.21. The maximum Gasteiger partial charge on any atom is 0.165 e. The molecule has 0 saturated carbocycles. The van der Waals surface area contributed by atoms with Crippen LogP contribution >= 0.6 is 0 Å². The Kier molecular flexibility index (Phi) is 4.15. The number of hydrogen-bond acceptors (Lipinski definition) is 5. The van der Waals surface area contributed by atoms with Gasteiger partial charge in [0.1, 0.15) is 0 Å². The van der Waals surface area contributed by atoms with Gasteiger partial charge >= 0.3 is 0 Å². The largest absolute Gasteiger partial charge is 0.369 e. The first kappa shape index (κ1) is 14.0. The van der Waals surface area contributed by atoms with Crippen LogP contribution in [0.15, 0.2) is 30.3 Å². The van der Waals surface area contributed by atoms with E-state index in [2.05, 4.69) is 69.5 Å². The van der Waals surface area contributed by atoms with Crippen molar-refractivity contribution in [2.75, 3.05) is 31.1 Å². The predicted octanol–water partition coefficient (Wildman–Crippen LogP) is 1.58. The molecule has 1 aromatic carbocycles. The standard InChI is InChI=1S/C15H22N6/c1-13(2)21-15(16-17-18-21)12-19-8-10-20(11-9-19)14-6-4-3-5-7-14/h3-7,13H,8-12H2,1-2H3. The van der Waals surface area contributed by atoms with Crippen LogP contribution in [0.25, 0.3) is 0 Å². The van der Waals surface area contributed by atoms with E-state index in [9.17, 15) is 0 Å². The van der Waals surface area contributed by atoms with Crippen LogP contribution in [0.2, 0.25) is 0 Å². The molecule has 1 fully saturated rings. The summed E-state index contributed by atoms with van der Waals surface area (Å²) in [6.45, 7) is 9.22. The normalized spacial score (nSPS) is 16.6. The number of hydrogen-bond donors (Lipinski definition) is 0. The Balaban J connectivity index is 1.58. The van der Waals surface area contributed by atoms with Crippen LogP contribution in [-0.4, -0.2) is 51.3 Å². The average molecular weight is 286 g/mol. The zero-order valence-corrected chi connectivity index (χ0v) is 12.7. The fraction of sp³-hybridized carbons (Fsp3) is 0.533. The summed E-state index contributed by atoms with van der Waals surface area (Å²) in [7, 11) is 0. The molecule has 0 bridgehead atoms. The van der Waals surface area contributed by atoms with E-state index in [1.54, 1.807) is 0 Å². The van der Waals surface area contributed by atoms with Crippen molar-refractivity contribution < 1.29 is 0 Å². The van der Waals surface area contributed by atoms with Gasteiger partial charge in [-0.2, -0.15) is 0 Å². The van der Waals surface area contributed by atoms with Gasteiger partial charge in [-0.05, 0) is 36.4 Å². The molecule has 0 atom stereocenters. The van der Waals surface area contributed by atoms with Gasteiger partial charge in [-0.15, -0.1) is 5.10 Å².